The second-order valence-electron chi connectivity index (χ2n) is 2.64. The fraction of sp³-hybridized carbons (Fsp3) is 0.125. The van der Waals surface area contributed by atoms with Gasteiger partial charge in [0.25, 0.3) is 0 Å². The highest BCUT2D eigenvalue weighted by atomic mass is 32.2. The van der Waals surface area contributed by atoms with Gasteiger partial charge in [-0.25, -0.2) is 0 Å². The summed E-state index contributed by atoms with van der Waals surface area (Å²) in [4.78, 5) is 11.9. The lowest BCUT2D eigenvalue weighted by Crippen LogP contribution is -2.23. The fourth-order valence-corrected chi connectivity index (χ4v) is 1.93. The van der Waals surface area contributed by atoms with E-state index in [4.69, 9.17) is 5.73 Å². The van der Waals surface area contributed by atoms with E-state index in [1.807, 2.05) is 18.2 Å². The first-order valence-electron chi connectivity index (χ1n) is 3.60. The van der Waals surface area contributed by atoms with Gasteiger partial charge in [0.1, 0.15) is 0 Å². The van der Waals surface area contributed by atoms with Gasteiger partial charge >= 0.3 is 0 Å². The normalized spacial score (nSPS) is 15.2. The number of amides is 1. The molecule has 1 aliphatic heterocycles. The first-order chi connectivity index (χ1) is 5.77. The number of rotatable bonds is 0. The van der Waals surface area contributed by atoms with E-state index in [0.717, 1.165) is 16.1 Å². The van der Waals surface area contributed by atoms with E-state index in [-0.39, 0.29) is 5.91 Å². The lowest BCUT2D eigenvalue weighted by molar-refractivity contribution is -0.118. The van der Waals surface area contributed by atoms with Gasteiger partial charge in [0.2, 0.25) is 5.91 Å². The molecule has 0 fully saturated rings. The quantitative estimate of drug-likeness (QED) is 0.461. The first-order valence-corrected chi connectivity index (χ1v) is 4.42. The molecule has 62 valence electrons. The van der Waals surface area contributed by atoms with E-state index in [1.165, 1.54) is 11.9 Å². The van der Waals surface area contributed by atoms with Gasteiger partial charge in [0.05, 0.1) is 11.3 Å². The van der Waals surface area contributed by atoms with Gasteiger partial charge < -0.3 is 5.73 Å². The number of carbonyl (C=O) groups is 1. The summed E-state index contributed by atoms with van der Waals surface area (Å²) in [6.45, 7) is 0. The standard InChI is InChI=1S/C8H8N2OS/c9-6-3-1-2-5-4-7(11)10-12-8(5)6/h1-3H,4,9H2,(H,10,11). The Kier molecular flexibility index (Phi) is 1.69. The molecule has 1 amide bonds. The van der Waals surface area contributed by atoms with Crippen molar-refractivity contribution in [2.45, 2.75) is 11.3 Å². The molecule has 2 rings (SSSR count). The molecule has 0 saturated carbocycles. The van der Waals surface area contributed by atoms with E-state index in [0.29, 0.717) is 6.42 Å². The topological polar surface area (TPSA) is 55.1 Å². The van der Waals surface area contributed by atoms with Crippen molar-refractivity contribution in [1.29, 1.82) is 0 Å². The zero-order chi connectivity index (χ0) is 8.55. The Labute approximate surface area is 74.5 Å². The van der Waals surface area contributed by atoms with Crippen LogP contribution in [0.5, 0.6) is 0 Å². The summed E-state index contributed by atoms with van der Waals surface area (Å²) in [5.41, 5.74) is 7.47. The van der Waals surface area contributed by atoms with Crippen molar-refractivity contribution in [1.82, 2.24) is 4.72 Å². The number of benzene rings is 1. The predicted octanol–water partition coefficient (Wildman–Crippen LogP) is 0.948. The monoisotopic (exact) mass is 180 g/mol. The van der Waals surface area contributed by atoms with Crippen LogP contribution < -0.4 is 10.5 Å². The highest BCUT2D eigenvalue weighted by Crippen LogP contribution is 2.30. The molecule has 12 heavy (non-hydrogen) atoms. The molecule has 0 aromatic heterocycles. The number of nitrogen functional groups attached to an aromatic ring is 1. The van der Waals surface area contributed by atoms with Crippen LogP contribution in [0.3, 0.4) is 0 Å². The Balaban J connectivity index is 2.48. The maximum Gasteiger partial charge on any atom is 0.234 e. The lowest BCUT2D eigenvalue weighted by atomic mass is 10.1. The molecule has 0 bridgehead atoms. The fourth-order valence-electron chi connectivity index (χ4n) is 1.19. The highest BCUT2D eigenvalue weighted by Gasteiger charge is 2.16. The zero-order valence-corrected chi connectivity index (χ0v) is 7.15. The van der Waals surface area contributed by atoms with Crippen LogP contribution in [0.2, 0.25) is 0 Å². The number of nitrogens with two attached hydrogens (primary N) is 1. The van der Waals surface area contributed by atoms with E-state index < -0.39 is 0 Å². The molecule has 1 aromatic rings. The summed E-state index contributed by atoms with van der Waals surface area (Å²) in [5, 5.41) is 0. The maximum atomic E-state index is 11.0. The molecule has 1 aliphatic rings. The summed E-state index contributed by atoms with van der Waals surface area (Å²) in [6.07, 6.45) is 0.438. The van der Waals surface area contributed by atoms with E-state index in [1.54, 1.807) is 0 Å². The van der Waals surface area contributed by atoms with Gasteiger partial charge in [0, 0.05) is 5.69 Å². The minimum Gasteiger partial charge on any atom is -0.398 e. The Bertz CT molecular complexity index is 338. The second-order valence-corrected chi connectivity index (χ2v) is 3.46. The largest absolute Gasteiger partial charge is 0.398 e. The van der Waals surface area contributed by atoms with Crippen LogP contribution in [-0.4, -0.2) is 5.91 Å². The van der Waals surface area contributed by atoms with Crippen molar-refractivity contribution in [3.8, 4) is 0 Å². The van der Waals surface area contributed by atoms with Crippen LogP contribution in [-0.2, 0) is 11.2 Å². The second kappa shape index (κ2) is 2.71. The molecule has 3 nitrogen and oxygen atoms in total. The first kappa shape index (κ1) is 7.49. The van der Waals surface area contributed by atoms with Gasteiger partial charge in [-0.05, 0) is 23.6 Å². The number of fused-ring (bicyclic) bond motifs is 1. The molecule has 0 aliphatic carbocycles. The van der Waals surface area contributed by atoms with Crippen molar-refractivity contribution >= 4 is 23.5 Å². The number of hydrogen-bond donors (Lipinski definition) is 2. The highest BCUT2D eigenvalue weighted by molar-refractivity contribution is 7.98. The number of anilines is 1. The van der Waals surface area contributed by atoms with Gasteiger partial charge in [-0.1, -0.05) is 12.1 Å². The summed E-state index contributed by atoms with van der Waals surface area (Å²) in [6, 6.07) is 5.63. The molecule has 0 radical (unpaired) electrons. The molecular formula is C8H8N2OS. The third kappa shape index (κ3) is 1.14. The van der Waals surface area contributed by atoms with E-state index in [9.17, 15) is 4.79 Å². The third-order valence-corrected chi connectivity index (χ3v) is 2.78. The summed E-state index contributed by atoms with van der Waals surface area (Å²) in [5.74, 6) is 0.0399. The molecule has 0 spiro atoms. The van der Waals surface area contributed by atoms with Gasteiger partial charge in [-0.2, -0.15) is 0 Å². The minimum atomic E-state index is 0.0399. The SMILES string of the molecule is Nc1cccc2c1SNC(=O)C2. The Morgan fingerprint density at radius 3 is 3.17 bits per heavy atom. The molecule has 0 saturated heterocycles. The summed E-state index contributed by atoms with van der Waals surface area (Å²) >= 11 is 1.30. The average Bonchev–Trinajstić information content (AvgIpc) is 2.04. The van der Waals surface area contributed by atoms with E-state index >= 15 is 0 Å². The molecule has 0 unspecified atom stereocenters. The molecule has 1 aromatic carbocycles. The zero-order valence-electron chi connectivity index (χ0n) is 6.33. The molecule has 4 heteroatoms. The smallest absolute Gasteiger partial charge is 0.234 e. The van der Waals surface area contributed by atoms with Crippen molar-refractivity contribution in [2.24, 2.45) is 0 Å². The molecule has 0 atom stereocenters. The van der Waals surface area contributed by atoms with E-state index in [2.05, 4.69) is 4.72 Å². The molecule has 1 heterocycles. The van der Waals surface area contributed by atoms with Gasteiger partial charge in [0.15, 0.2) is 0 Å². The average molecular weight is 180 g/mol. The van der Waals surface area contributed by atoms with Crippen LogP contribution in [0.4, 0.5) is 5.69 Å². The summed E-state index contributed by atoms with van der Waals surface area (Å²) in [7, 11) is 0. The van der Waals surface area contributed by atoms with Crippen molar-refractivity contribution in [3.05, 3.63) is 23.8 Å². The summed E-state index contributed by atoms with van der Waals surface area (Å²) < 4.78 is 2.68. The number of nitrogens with one attached hydrogen (secondary N) is 1. The van der Waals surface area contributed by atoms with Crippen LogP contribution in [0.1, 0.15) is 5.56 Å². The van der Waals surface area contributed by atoms with Crippen molar-refractivity contribution in [3.63, 3.8) is 0 Å². The van der Waals surface area contributed by atoms with Crippen molar-refractivity contribution < 1.29 is 4.79 Å². The predicted molar refractivity (Wildman–Crippen MR) is 48.6 cm³/mol. The Hall–Kier alpha value is -1.16. The number of hydrogen-bond acceptors (Lipinski definition) is 3. The molecule has 3 N–H and O–H groups in total. The van der Waals surface area contributed by atoms with Crippen LogP contribution in [0.25, 0.3) is 0 Å². The van der Waals surface area contributed by atoms with Gasteiger partial charge in [-0.3, -0.25) is 9.52 Å². The third-order valence-electron chi connectivity index (χ3n) is 1.74. The number of carbonyl (C=O) groups excluding carboxylic acids is 1. The van der Waals surface area contributed by atoms with Crippen LogP contribution >= 0.6 is 11.9 Å². The van der Waals surface area contributed by atoms with Gasteiger partial charge in [-0.15, -0.1) is 0 Å². The van der Waals surface area contributed by atoms with Crippen molar-refractivity contribution in [2.75, 3.05) is 5.73 Å². The van der Waals surface area contributed by atoms with Crippen LogP contribution in [0.15, 0.2) is 23.1 Å². The maximum absolute atomic E-state index is 11.0. The Morgan fingerprint density at radius 1 is 1.50 bits per heavy atom. The minimum absolute atomic E-state index is 0.0399. The Morgan fingerprint density at radius 2 is 2.33 bits per heavy atom. The lowest BCUT2D eigenvalue weighted by Gasteiger charge is -2.16. The van der Waals surface area contributed by atoms with Crippen LogP contribution in [0, 0.1) is 0 Å². The molecular weight excluding hydrogens is 172 g/mol.